The van der Waals surface area contributed by atoms with Gasteiger partial charge in [0, 0.05) is 20.6 Å². The van der Waals surface area contributed by atoms with Crippen LogP contribution in [0.1, 0.15) is 43.1 Å². The summed E-state index contributed by atoms with van der Waals surface area (Å²) < 4.78 is 34.3. The number of carbonyl (C=O) groups is 1. The summed E-state index contributed by atoms with van der Waals surface area (Å²) in [6, 6.07) is 17.0. The average Bonchev–Trinajstić information content (AvgIpc) is 2.77. The molecule has 3 aromatic carbocycles. The molecule has 0 radical (unpaired) electrons. The van der Waals surface area contributed by atoms with E-state index >= 15 is 0 Å². The van der Waals surface area contributed by atoms with E-state index in [0.717, 1.165) is 23.1 Å². The van der Waals surface area contributed by atoms with Gasteiger partial charge in [-0.15, -0.1) is 0 Å². The van der Waals surface area contributed by atoms with E-state index < -0.39 is 15.9 Å². The van der Waals surface area contributed by atoms with Gasteiger partial charge in [0.1, 0.15) is 5.75 Å². The molecule has 0 saturated heterocycles. The molecule has 0 heterocycles. The van der Waals surface area contributed by atoms with E-state index in [2.05, 4.69) is 20.7 Å². The fraction of sp³-hybridized carbons (Fsp3) is 0.269. The summed E-state index contributed by atoms with van der Waals surface area (Å²) in [5.41, 5.74) is 2.72. The van der Waals surface area contributed by atoms with E-state index in [0.29, 0.717) is 33.8 Å². The minimum absolute atomic E-state index is 0.00824. The van der Waals surface area contributed by atoms with E-state index in [4.69, 9.17) is 16.3 Å². The molecule has 1 N–H and O–H groups in total. The Bertz CT molecular complexity index is 1290. The number of hydrogen-bond acceptors (Lipinski definition) is 4. The Morgan fingerprint density at radius 2 is 1.85 bits per heavy atom. The molecule has 0 aliphatic rings. The van der Waals surface area contributed by atoms with Gasteiger partial charge in [-0.1, -0.05) is 66.5 Å². The van der Waals surface area contributed by atoms with Crippen LogP contribution in [0.15, 0.2) is 70.0 Å². The molecule has 0 fully saturated rings. The number of nitrogens with one attached hydrogen (secondary N) is 1. The van der Waals surface area contributed by atoms with Crippen molar-refractivity contribution in [2.24, 2.45) is 5.92 Å². The summed E-state index contributed by atoms with van der Waals surface area (Å²) in [5, 5.41) is 0.575. The molecule has 0 aromatic heterocycles. The van der Waals surface area contributed by atoms with Crippen molar-refractivity contribution >= 4 is 43.5 Å². The Morgan fingerprint density at radius 3 is 2.53 bits per heavy atom. The second-order valence-corrected chi connectivity index (χ2v) is 11.4. The zero-order valence-corrected chi connectivity index (χ0v) is 22.4. The van der Waals surface area contributed by atoms with E-state index in [1.54, 1.807) is 30.3 Å². The van der Waals surface area contributed by atoms with Gasteiger partial charge in [0.2, 0.25) is 0 Å². The summed E-state index contributed by atoms with van der Waals surface area (Å²) in [6.07, 6.45) is 1.46. The van der Waals surface area contributed by atoms with Crippen molar-refractivity contribution in [3.05, 3.63) is 81.3 Å². The van der Waals surface area contributed by atoms with E-state index in [1.165, 1.54) is 12.1 Å². The first kappa shape index (κ1) is 26.3. The van der Waals surface area contributed by atoms with Crippen molar-refractivity contribution in [3.63, 3.8) is 0 Å². The maximum Gasteiger partial charge on any atom is 0.265 e. The summed E-state index contributed by atoms with van der Waals surface area (Å²) in [7, 11) is -4.03. The third-order valence-corrected chi connectivity index (χ3v) is 7.08. The first-order valence-corrected chi connectivity index (χ1v) is 13.6. The third kappa shape index (κ3) is 6.62. The molecule has 1 amide bonds. The molecule has 8 heteroatoms. The van der Waals surface area contributed by atoms with Gasteiger partial charge in [-0.3, -0.25) is 4.79 Å². The van der Waals surface area contributed by atoms with Crippen LogP contribution in [0.2, 0.25) is 5.02 Å². The van der Waals surface area contributed by atoms with Gasteiger partial charge in [0.15, 0.2) is 0 Å². The summed E-state index contributed by atoms with van der Waals surface area (Å²) in [6.45, 7) is 6.69. The molecule has 3 aromatic rings. The Labute approximate surface area is 214 Å². The summed E-state index contributed by atoms with van der Waals surface area (Å²) in [4.78, 5) is 13.1. The van der Waals surface area contributed by atoms with Crippen molar-refractivity contribution in [1.29, 1.82) is 0 Å². The molecule has 0 saturated carbocycles. The number of amides is 1. The number of halogens is 2. The Balaban J connectivity index is 2.00. The molecule has 0 bridgehead atoms. The molecule has 34 heavy (non-hydrogen) atoms. The molecule has 0 aliphatic heterocycles. The second kappa shape index (κ2) is 11.4. The largest absolute Gasteiger partial charge is 0.493 e. The van der Waals surface area contributed by atoms with Crippen LogP contribution in [0.25, 0.3) is 11.1 Å². The second-order valence-electron chi connectivity index (χ2n) is 8.35. The van der Waals surface area contributed by atoms with Gasteiger partial charge in [0.05, 0.1) is 11.5 Å². The first-order valence-electron chi connectivity index (χ1n) is 11.0. The Morgan fingerprint density at radius 1 is 1.09 bits per heavy atom. The predicted octanol–water partition coefficient (Wildman–Crippen LogP) is 6.88. The fourth-order valence-electron chi connectivity index (χ4n) is 3.53. The number of sulfonamides is 1. The number of benzene rings is 3. The highest BCUT2D eigenvalue weighted by atomic mass is 79.9. The van der Waals surface area contributed by atoms with Gasteiger partial charge < -0.3 is 4.74 Å². The molecule has 0 spiro atoms. The van der Waals surface area contributed by atoms with Crippen LogP contribution in [0.4, 0.5) is 0 Å². The Hall–Kier alpha value is -2.35. The standard InChI is InChI=1S/C26H27BrClNO4S/c1-4-12-33-25-11-9-21(28)16-24(25)18-8-10-23(19(14-18)13-17(2)3)26(30)29-34(31,32)22-7-5-6-20(27)15-22/h5-11,14-17H,4,12-13H2,1-3H3,(H,29,30). The average molecular weight is 565 g/mol. The lowest BCUT2D eigenvalue weighted by atomic mass is 9.93. The lowest BCUT2D eigenvalue weighted by Crippen LogP contribution is -2.31. The monoisotopic (exact) mass is 563 g/mol. The SMILES string of the molecule is CCCOc1ccc(Cl)cc1-c1ccc(C(=O)NS(=O)(=O)c2cccc(Br)c2)c(CC(C)C)c1. The van der Waals surface area contributed by atoms with Crippen LogP contribution >= 0.6 is 27.5 Å². The van der Waals surface area contributed by atoms with Crippen LogP contribution in [-0.2, 0) is 16.4 Å². The number of hydrogen-bond donors (Lipinski definition) is 1. The smallest absolute Gasteiger partial charge is 0.265 e. The minimum Gasteiger partial charge on any atom is -0.493 e. The molecular formula is C26H27BrClNO4S. The molecular weight excluding hydrogens is 538 g/mol. The zero-order chi connectivity index (χ0) is 24.9. The van der Waals surface area contributed by atoms with Gasteiger partial charge in [-0.05, 0) is 72.4 Å². The van der Waals surface area contributed by atoms with Gasteiger partial charge >= 0.3 is 0 Å². The van der Waals surface area contributed by atoms with E-state index in [9.17, 15) is 13.2 Å². The Kier molecular flexibility index (Phi) is 8.79. The van der Waals surface area contributed by atoms with Crippen molar-refractivity contribution in [2.45, 2.75) is 38.5 Å². The van der Waals surface area contributed by atoms with Crippen molar-refractivity contribution in [3.8, 4) is 16.9 Å². The van der Waals surface area contributed by atoms with Crippen molar-refractivity contribution in [2.75, 3.05) is 6.61 Å². The van der Waals surface area contributed by atoms with Crippen LogP contribution in [-0.4, -0.2) is 20.9 Å². The van der Waals surface area contributed by atoms with Crippen molar-refractivity contribution < 1.29 is 17.9 Å². The third-order valence-electron chi connectivity index (χ3n) is 5.03. The lowest BCUT2D eigenvalue weighted by Gasteiger charge is -2.16. The van der Waals surface area contributed by atoms with Crippen LogP contribution < -0.4 is 9.46 Å². The van der Waals surface area contributed by atoms with Crippen molar-refractivity contribution in [1.82, 2.24) is 4.72 Å². The maximum atomic E-state index is 13.1. The van der Waals surface area contributed by atoms with Crippen LogP contribution in [0, 0.1) is 5.92 Å². The minimum atomic E-state index is -4.03. The van der Waals surface area contributed by atoms with Gasteiger partial charge in [-0.2, -0.15) is 0 Å². The molecule has 0 unspecified atom stereocenters. The quantitative estimate of drug-likeness (QED) is 0.308. The number of ether oxygens (including phenoxy) is 1. The predicted molar refractivity (Wildman–Crippen MR) is 140 cm³/mol. The topological polar surface area (TPSA) is 72.5 Å². The number of carbonyl (C=O) groups excluding carboxylic acids is 1. The highest BCUT2D eigenvalue weighted by Gasteiger charge is 2.22. The summed E-state index contributed by atoms with van der Waals surface area (Å²) in [5.74, 6) is 0.283. The normalized spacial score (nSPS) is 11.5. The van der Waals surface area contributed by atoms with E-state index in [-0.39, 0.29) is 10.8 Å². The fourth-order valence-corrected chi connectivity index (χ4v) is 5.26. The molecule has 5 nitrogen and oxygen atoms in total. The summed E-state index contributed by atoms with van der Waals surface area (Å²) >= 11 is 9.52. The molecule has 0 atom stereocenters. The zero-order valence-electron chi connectivity index (χ0n) is 19.3. The highest BCUT2D eigenvalue weighted by molar-refractivity contribution is 9.10. The van der Waals surface area contributed by atoms with Gasteiger partial charge in [0.25, 0.3) is 15.9 Å². The molecule has 180 valence electrons. The first-order chi connectivity index (χ1) is 16.1. The number of rotatable bonds is 9. The van der Waals surface area contributed by atoms with Crippen LogP contribution in [0.5, 0.6) is 5.75 Å². The highest BCUT2D eigenvalue weighted by Crippen LogP contribution is 2.34. The lowest BCUT2D eigenvalue weighted by molar-refractivity contribution is 0.0980. The van der Waals surface area contributed by atoms with E-state index in [1.807, 2.05) is 39.0 Å². The molecule has 0 aliphatic carbocycles. The maximum absolute atomic E-state index is 13.1. The van der Waals surface area contributed by atoms with Gasteiger partial charge in [-0.25, -0.2) is 13.1 Å². The molecule has 3 rings (SSSR count). The van der Waals surface area contributed by atoms with Crippen LogP contribution in [0.3, 0.4) is 0 Å².